The summed E-state index contributed by atoms with van der Waals surface area (Å²) in [6, 6.07) is 10.4. The Morgan fingerprint density at radius 1 is 1.33 bits per heavy atom. The number of methoxy groups -OCH3 is 1. The Hall–Kier alpha value is -1.81. The van der Waals surface area contributed by atoms with Gasteiger partial charge in [-0.2, -0.15) is 5.10 Å². The van der Waals surface area contributed by atoms with Gasteiger partial charge in [0.25, 0.3) is 0 Å². The molecule has 0 saturated carbocycles. The van der Waals surface area contributed by atoms with E-state index in [0.29, 0.717) is 0 Å². The van der Waals surface area contributed by atoms with E-state index in [1.54, 1.807) is 13.3 Å². The maximum absolute atomic E-state index is 5.33. The van der Waals surface area contributed by atoms with Gasteiger partial charge in [0, 0.05) is 12.2 Å². The molecule has 0 amide bonds. The van der Waals surface area contributed by atoms with Gasteiger partial charge in [0.2, 0.25) is 0 Å². The number of para-hydroxylation sites is 1. The van der Waals surface area contributed by atoms with Crippen LogP contribution in [0.5, 0.6) is 5.75 Å². The molecule has 96 valence electrons. The van der Waals surface area contributed by atoms with Gasteiger partial charge in [-0.25, -0.2) is 0 Å². The number of aromatic amines is 1. The molecule has 0 aliphatic rings. The lowest BCUT2D eigenvalue weighted by atomic mass is 10.1. The Labute approximate surface area is 107 Å². The smallest absolute Gasteiger partial charge is 0.122 e. The van der Waals surface area contributed by atoms with Crippen molar-refractivity contribution in [2.24, 2.45) is 0 Å². The molecule has 0 bridgehead atoms. The van der Waals surface area contributed by atoms with Crippen LogP contribution in [0.25, 0.3) is 0 Å². The molecule has 18 heavy (non-hydrogen) atoms. The molecule has 4 heteroatoms. The van der Waals surface area contributed by atoms with E-state index >= 15 is 0 Å². The summed E-state index contributed by atoms with van der Waals surface area (Å²) in [5.41, 5.74) is 2.33. The van der Waals surface area contributed by atoms with Gasteiger partial charge >= 0.3 is 0 Å². The van der Waals surface area contributed by atoms with E-state index in [1.165, 1.54) is 5.56 Å². The van der Waals surface area contributed by atoms with Crippen molar-refractivity contribution < 1.29 is 4.74 Å². The number of hydrogen-bond acceptors (Lipinski definition) is 3. The molecule has 2 N–H and O–H groups in total. The molecule has 4 nitrogen and oxygen atoms in total. The molecule has 0 spiro atoms. The third-order valence-corrected chi connectivity index (χ3v) is 3.03. The molecular weight excluding hydrogens is 226 g/mol. The zero-order valence-electron chi connectivity index (χ0n) is 10.8. The van der Waals surface area contributed by atoms with E-state index in [2.05, 4.69) is 28.5 Å². The molecular formula is C14H19N3O. The molecule has 1 aromatic heterocycles. The summed E-state index contributed by atoms with van der Waals surface area (Å²) in [4.78, 5) is 0. The fourth-order valence-corrected chi connectivity index (χ4v) is 1.95. The predicted octanol–water partition coefficient (Wildman–Crippen LogP) is 2.31. The molecule has 1 heterocycles. The van der Waals surface area contributed by atoms with Crippen LogP contribution in [0.3, 0.4) is 0 Å². The first-order valence-electron chi connectivity index (χ1n) is 6.16. The van der Waals surface area contributed by atoms with E-state index < -0.39 is 0 Å². The van der Waals surface area contributed by atoms with Crippen molar-refractivity contribution in [3.8, 4) is 5.75 Å². The van der Waals surface area contributed by atoms with Crippen LogP contribution in [-0.4, -0.2) is 23.9 Å². The summed E-state index contributed by atoms with van der Waals surface area (Å²) in [6.45, 7) is 3.02. The van der Waals surface area contributed by atoms with Crippen LogP contribution in [0.2, 0.25) is 0 Å². The van der Waals surface area contributed by atoms with Crippen molar-refractivity contribution >= 4 is 0 Å². The summed E-state index contributed by atoms with van der Waals surface area (Å²) in [6.07, 6.45) is 2.72. The van der Waals surface area contributed by atoms with E-state index in [4.69, 9.17) is 4.74 Å². The quantitative estimate of drug-likeness (QED) is 0.821. The minimum absolute atomic E-state index is 0.280. The van der Waals surface area contributed by atoms with Crippen molar-refractivity contribution in [3.05, 3.63) is 47.8 Å². The molecule has 2 aromatic rings. The van der Waals surface area contributed by atoms with Gasteiger partial charge < -0.3 is 10.1 Å². The molecule has 0 saturated heterocycles. The monoisotopic (exact) mass is 245 g/mol. The van der Waals surface area contributed by atoms with Crippen LogP contribution in [0.4, 0.5) is 0 Å². The highest BCUT2D eigenvalue weighted by molar-refractivity contribution is 5.33. The Kier molecular flexibility index (Phi) is 4.36. The molecule has 1 atom stereocenters. The first-order chi connectivity index (χ1) is 8.81. The maximum Gasteiger partial charge on any atom is 0.122 e. The molecule has 0 fully saturated rings. The van der Waals surface area contributed by atoms with Gasteiger partial charge in [0.05, 0.1) is 12.8 Å². The highest BCUT2D eigenvalue weighted by Crippen LogP contribution is 2.17. The van der Waals surface area contributed by atoms with E-state index in [0.717, 1.165) is 24.4 Å². The summed E-state index contributed by atoms with van der Waals surface area (Å²) in [5, 5.41) is 10.4. The maximum atomic E-state index is 5.33. The zero-order valence-corrected chi connectivity index (χ0v) is 10.8. The summed E-state index contributed by atoms with van der Waals surface area (Å²) >= 11 is 0. The largest absolute Gasteiger partial charge is 0.496 e. The fourth-order valence-electron chi connectivity index (χ4n) is 1.95. The number of rotatable bonds is 6. The number of ether oxygens (including phenoxy) is 1. The number of nitrogens with one attached hydrogen (secondary N) is 2. The summed E-state index contributed by atoms with van der Waals surface area (Å²) < 4.78 is 5.33. The lowest BCUT2D eigenvalue weighted by Gasteiger charge is -2.13. The van der Waals surface area contributed by atoms with Crippen LogP contribution >= 0.6 is 0 Å². The van der Waals surface area contributed by atoms with Crippen LogP contribution in [0.1, 0.15) is 24.2 Å². The van der Waals surface area contributed by atoms with Crippen LogP contribution in [0, 0.1) is 0 Å². The first kappa shape index (κ1) is 12.6. The Morgan fingerprint density at radius 2 is 2.17 bits per heavy atom. The summed E-state index contributed by atoms with van der Waals surface area (Å²) in [5.74, 6) is 0.952. The lowest BCUT2D eigenvalue weighted by Crippen LogP contribution is -2.21. The molecule has 1 unspecified atom stereocenters. The standard InChI is InChI=1S/C14H19N3O/c1-11(13-8-10-16-17-13)15-9-7-12-5-3-4-6-14(12)18-2/h3-6,8,10-11,15H,7,9H2,1-2H3,(H,16,17). The van der Waals surface area contributed by atoms with Gasteiger partial charge in [-0.05, 0) is 37.6 Å². The van der Waals surface area contributed by atoms with Gasteiger partial charge in [-0.1, -0.05) is 18.2 Å². The van der Waals surface area contributed by atoms with Crippen molar-refractivity contribution in [2.75, 3.05) is 13.7 Å². The van der Waals surface area contributed by atoms with Crippen molar-refractivity contribution in [1.82, 2.24) is 15.5 Å². The highest BCUT2D eigenvalue weighted by atomic mass is 16.5. The van der Waals surface area contributed by atoms with Crippen LogP contribution in [-0.2, 0) is 6.42 Å². The third-order valence-electron chi connectivity index (χ3n) is 3.03. The number of benzene rings is 1. The number of H-pyrrole nitrogens is 1. The van der Waals surface area contributed by atoms with Crippen LogP contribution < -0.4 is 10.1 Å². The molecule has 0 aliphatic carbocycles. The third kappa shape index (κ3) is 3.11. The number of nitrogens with zero attached hydrogens (tertiary/aromatic N) is 1. The minimum Gasteiger partial charge on any atom is -0.496 e. The first-order valence-corrected chi connectivity index (χ1v) is 6.16. The molecule has 0 aliphatic heterocycles. The van der Waals surface area contributed by atoms with Crippen molar-refractivity contribution in [1.29, 1.82) is 0 Å². The van der Waals surface area contributed by atoms with Gasteiger partial charge in [0.15, 0.2) is 0 Å². The predicted molar refractivity (Wildman–Crippen MR) is 71.7 cm³/mol. The Bertz CT molecular complexity index is 468. The normalized spacial score (nSPS) is 12.3. The SMILES string of the molecule is COc1ccccc1CCNC(C)c1ccn[nH]1. The highest BCUT2D eigenvalue weighted by Gasteiger charge is 2.06. The molecule has 2 rings (SSSR count). The van der Waals surface area contributed by atoms with Gasteiger partial charge in [0.1, 0.15) is 5.75 Å². The fraction of sp³-hybridized carbons (Fsp3) is 0.357. The van der Waals surface area contributed by atoms with E-state index in [9.17, 15) is 0 Å². The number of hydrogen-bond donors (Lipinski definition) is 2. The van der Waals surface area contributed by atoms with Crippen molar-refractivity contribution in [2.45, 2.75) is 19.4 Å². The zero-order chi connectivity index (χ0) is 12.8. The second-order valence-corrected chi connectivity index (χ2v) is 4.25. The van der Waals surface area contributed by atoms with E-state index in [-0.39, 0.29) is 6.04 Å². The Morgan fingerprint density at radius 3 is 2.89 bits per heavy atom. The Balaban J connectivity index is 1.85. The minimum atomic E-state index is 0.280. The van der Waals surface area contributed by atoms with Crippen LogP contribution in [0.15, 0.2) is 36.5 Å². The molecule has 1 aromatic carbocycles. The summed E-state index contributed by atoms with van der Waals surface area (Å²) in [7, 11) is 1.71. The van der Waals surface area contributed by atoms with Gasteiger partial charge in [-0.15, -0.1) is 0 Å². The second-order valence-electron chi connectivity index (χ2n) is 4.25. The number of aromatic nitrogens is 2. The average Bonchev–Trinajstić information content (AvgIpc) is 2.93. The van der Waals surface area contributed by atoms with Gasteiger partial charge in [-0.3, -0.25) is 5.10 Å². The lowest BCUT2D eigenvalue weighted by molar-refractivity contribution is 0.408. The van der Waals surface area contributed by atoms with Crippen molar-refractivity contribution in [3.63, 3.8) is 0 Å². The van der Waals surface area contributed by atoms with E-state index in [1.807, 2.05) is 24.3 Å². The average molecular weight is 245 g/mol. The topological polar surface area (TPSA) is 49.9 Å². The second kappa shape index (κ2) is 6.21. The molecule has 0 radical (unpaired) electrons.